The van der Waals surface area contributed by atoms with Crippen LogP contribution in [-0.2, 0) is 0 Å². The van der Waals surface area contributed by atoms with Gasteiger partial charge < -0.3 is 10.6 Å². The molecule has 0 aliphatic heterocycles. The molecule has 0 fully saturated rings. The number of nitrogens with one attached hydrogen (secondary N) is 2. The summed E-state index contributed by atoms with van der Waals surface area (Å²) in [7, 11) is 0. The maximum Gasteiger partial charge on any atom is 0.0571 e. The van der Waals surface area contributed by atoms with Crippen LogP contribution >= 0.6 is 23.5 Å². The molecule has 136 valence electrons. The van der Waals surface area contributed by atoms with Crippen molar-refractivity contribution < 1.29 is 0 Å². The van der Waals surface area contributed by atoms with Crippen molar-refractivity contribution >= 4 is 34.9 Å². The van der Waals surface area contributed by atoms with Crippen LogP contribution in [0.2, 0.25) is 0 Å². The van der Waals surface area contributed by atoms with Crippen LogP contribution in [0.5, 0.6) is 0 Å². The monoisotopic (exact) mass is 374 g/mol. The first-order valence-electron chi connectivity index (χ1n) is 9.40. The number of rotatable bonds is 6. The third kappa shape index (κ3) is 4.59. The van der Waals surface area contributed by atoms with Gasteiger partial charge in [-0.3, -0.25) is 0 Å². The first-order valence-corrected chi connectivity index (χ1v) is 11.9. The molecule has 4 heteroatoms. The van der Waals surface area contributed by atoms with Gasteiger partial charge in [0.05, 0.1) is 11.4 Å². The number of benzene rings is 1. The smallest absolute Gasteiger partial charge is 0.0571 e. The van der Waals surface area contributed by atoms with E-state index in [9.17, 15) is 0 Å². The molecule has 2 aliphatic carbocycles. The summed E-state index contributed by atoms with van der Waals surface area (Å²) >= 11 is 3.67. The molecule has 25 heavy (non-hydrogen) atoms. The van der Waals surface area contributed by atoms with Crippen molar-refractivity contribution in [3.8, 4) is 0 Å². The van der Waals surface area contributed by atoms with E-state index < -0.39 is 0 Å². The van der Waals surface area contributed by atoms with Crippen molar-refractivity contribution in [2.75, 3.05) is 23.1 Å². The van der Waals surface area contributed by atoms with Crippen LogP contribution in [0.4, 0.5) is 11.4 Å². The second-order valence-corrected chi connectivity index (χ2v) is 8.55. The second-order valence-electron chi connectivity index (χ2n) is 6.86. The molecule has 0 saturated heterocycles. The summed E-state index contributed by atoms with van der Waals surface area (Å²) in [6.45, 7) is 2.26. The maximum absolute atomic E-state index is 3.77. The number of allylic oxidation sites excluding steroid dienone is 4. The molecule has 0 bridgehead atoms. The summed E-state index contributed by atoms with van der Waals surface area (Å²) in [5, 5.41) is 7.54. The van der Waals surface area contributed by atoms with Crippen LogP contribution in [0.15, 0.2) is 39.4 Å². The summed E-state index contributed by atoms with van der Waals surface area (Å²) in [6, 6.07) is 2.35. The van der Waals surface area contributed by atoms with Gasteiger partial charge in [0.1, 0.15) is 0 Å². The molecule has 0 saturated carbocycles. The molecular formula is C21H30N2S2. The highest BCUT2D eigenvalue weighted by molar-refractivity contribution is 7.99. The van der Waals surface area contributed by atoms with Crippen LogP contribution in [0.3, 0.4) is 0 Å². The third-order valence-corrected chi connectivity index (χ3v) is 6.62. The molecule has 2 aliphatic rings. The standard InChI is InChI=1S/C21H30N2S2/c1-15-20(22-16-10-6-4-7-11-16)18(24-2)14-19(25-3)21(15)23-17-12-8-5-9-13-17/h10,12,14,22-23H,4-9,11,13H2,1-3H3. The Labute approximate surface area is 161 Å². The molecule has 3 rings (SSSR count). The van der Waals surface area contributed by atoms with Gasteiger partial charge in [-0.1, -0.05) is 12.2 Å². The van der Waals surface area contributed by atoms with Crippen LogP contribution < -0.4 is 10.6 Å². The van der Waals surface area contributed by atoms with Crippen molar-refractivity contribution in [3.63, 3.8) is 0 Å². The molecule has 2 N–H and O–H groups in total. The zero-order valence-electron chi connectivity index (χ0n) is 15.7. The van der Waals surface area contributed by atoms with E-state index in [1.54, 1.807) is 0 Å². The van der Waals surface area contributed by atoms with E-state index in [1.807, 2.05) is 23.5 Å². The lowest BCUT2D eigenvalue weighted by atomic mass is 10.0. The van der Waals surface area contributed by atoms with Crippen molar-refractivity contribution in [2.45, 2.75) is 68.1 Å². The number of anilines is 2. The van der Waals surface area contributed by atoms with Gasteiger partial charge in [-0.05, 0) is 82.4 Å². The fourth-order valence-corrected chi connectivity index (χ4v) is 4.98. The largest absolute Gasteiger partial charge is 0.358 e. The van der Waals surface area contributed by atoms with Gasteiger partial charge in [0.15, 0.2) is 0 Å². The first-order chi connectivity index (χ1) is 12.2. The summed E-state index contributed by atoms with van der Waals surface area (Å²) in [4.78, 5) is 2.69. The Kier molecular flexibility index (Phi) is 6.83. The average molecular weight is 375 g/mol. The molecule has 0 radical (unpaired) electrons. The Balaban J connectivity index is 1.96. The van der Waals surface area contributed by atoms with Gasteiger partial charge in [-0.15, -0.1) is 23.5 Å². The molecule has 0 spiro atoms. The van der Waals surface area contributed by atoms with E-state index >= 15 is 0 Å². The summed E-state index contributed by atoms with van der Waals surface area (Å²) in [5.74, 6) is 0. The average Bonchev–Trinajstić information content (AvgIpc) is 2.67. The lowest BCUT2D eigenvalue weighted by Crippen LogP contribution is -2.10. The number of hydrogen-bond acceptors (Lipinski definition) is 4. The molecule has 0 unspecified atom stereocenters. The van der Waals surface area contributed by atoms with Gasteiger partial charge in [0, 0.05) is 21.2 Å². The minimum absolute atomic E-state index is 1.17. The number of thioether (sulfide) groups is 2. The van der Waals surface area contributed by atoms with Crippen molar-refractivity contribution in [1.82, 2.24) is 0 Å². The quantitative estimate of drug-likeness (QED) is 0.515. The lowest BCUT2D eigenvalue weighted by molar-refractivity contribution is 0.703. The van der Waals surface area contributed by atoms with Crippen molar-refractivity contribution in [3.05, 3.63) is 35.2 Å². The Morgan fingerprint density at radius 3 is 1.60 bits per heavy atom. The molecule has 0 aromatic heterocycles. The van der Waals surface area contributed by atoms with Crippen LogP contribution in [-0.4, -0.2) is 12.5 Å². The summed E-state index contributed by atoms with van der Waals surface area (Å²) in [5.41, 5.74) is 6.71. The molecule has 0 amide bonds. The normalized spacial score (nSPS) is 17.7. The topological polar surface area (TPSA) is 24.1 Å². The predicted octanol–water partition coefficient (Wildman–Crippen LogP) is 7.18. The van der Waals surface area contributed by atoms with Crippen LogP contribution in [0.1, 0.15) is 56.9 Å². The molecule has 0 heterocycles. The highest BCUT2D eigenvalue weighted by Gasteiger charge is 2.17. The third-order valence-electron chi connectivity index (χ3n) is 5.10. The second kappa shape index (κ2) is 9.09. The fraction of sp³-hybridized carbons (Fsp3) is 0.524. The lowest BCUT2D eigenvalue weighted by Gasteiger charge is -2.24. The summed E-state index contributed by atoms with van der Waals surface area (Å²) < 4.78 is 0. The Morgan fingerprint density at radius 2 is 1.24 bits per heavy atom. The van der Waals surface area contributed by atoms with E-state index in [1.165, 1.54) is 89.5 Å². The van der Waals surface area contributed by atoms with Gasteiger partial charge >= 0.3 is 0 Å². The van der Waals surface area contributed by atoms with Gasteiger partial charge in [0.2, 0.25) is 0 Å². The van der Waals surface area contributed by atoms with E-state index in [0.29, 0.717) is 0 Å². The van der Waals surface area contributed by atoms with E-state index in [2.05, 4.69) is 48.3 Å². The Morgan fingerprint density at radius 1 is 0.760 bits per heavy atom. The van der Waals surface area contributed by atoms with Gasteiger partial charge in [-0.2, -0.15) is 0 Å². The molecule has 0 atom stereocenters. The van der Waals surface area contributed by atoms with Crippen molar-refractivity contribution in [2.24, 2.45) is 0 Å². The predicted molar refractivity (Wildman–Crippen MR) is 115 cm³/mol. The van der Waals surface area contributed by atoms with E-state index in [-0.39, 0.29) is 0 Å². The van der Waals surface area contributed by atoms with Gasteiger partial charge in [-0.25, -0.2) is 0 Å². The number of hydrogen-bond donors (Lipinski definition) is 2. The molecule has 1 aromatic carbocycles. The molecular weight excluding hydrogens is 344 g/mol. The van der Waals surface area contributed by atoms with Crippen LogP contribution in [0, 0.1) is 6.92 Å². The highest BCUT2D eigenvalue weighted by atomic mass is 32.2. The molecule has 2 nitrogen and oxygen atoms in total. The van der Waals surface area contributed by atoms with Crippen molar-refractivity contribution in [1.29, 1.82) is 0 Å². The van der Waals surface area contributed by atoms with Crippen LogP contribution in [0.25, 0.3) is 0 Å². The first kappa shape index (κ1) is 18.8. The van der Waals surface area contributed by atoms with E-state index in [0.717, 1.165) is 0 Å². The minimum atomic E-state index is 1.17. The Hall–Kier alpha value is -1.00. The molecule has 1 aromatic rings. The summed E-state index contributed by atoms with van der Waals surface area (Å²) in [6.07, 6.45) is 19.1. The van der Waals surface area contributed by atoms with Gasteiger partial charge in [0.25, 0.3) is 0 Å². The SMILES string of the molecule is CSc1cc(SC)c(NC2=CCCCC2)c(C)c1NC1=CCCCC1. The Bertz CT molecular complexity index is 623. The zero-order valence-corrected chi connectivity index (χ0v) is 17.3. The van der Waals surface area contributed by atoms with E-state index in [4.69, 9.17) is 0 Å². The minimum Gasteiger partial charge on any atom is -0.358 e. The zero-order chi connectivity index (χ0) is 17.6. The fourth-order valence-electron chi connectivity index (χ4n) is 3.62. The highest BCUT2D eigenvalue weighted by Crippen LogP contribution is 2.42. The maximum atomic E-state index is 3.77.